The van der Waals surface area contributed by atoms with Crippen LogP contribution in [0.3, 0.4) is 0 Å². The van der Waals surface area contributed by atoms with Crippen LogP contribution in [-0.2, 0) is 13.1 Å². The average molecular weight is 413 g/mol. The van der Waals surface area contributed by atoms with E-state index in [0.29, 0.717) is 30.5 Å². The van der Waals surface area contributed by atoms with Crippen LogP contribution >= 0.6 is 11.3 Å². The van der Waals surface area contributed by atoms with Crippen molar-refractivity contribution in [1.29, 1.82) is 0 Å². The van der Waals surface area contributed by atoms with Gasteiger partial charge in [-0.05, 0) is 42.0 Å². The van der Waals surface area contributed by atoms with Crippen LogP contribution in [0.4, 0.5) is 0 Å². The van der Waals surface area contributed by atoms with E-state index in [1.54, 1.807) is 32.7 Å². The lowest BCUT2D eigenvalue weighted by molar-refractivity contribution is 0.354. The van der Waals surface area contributed by atoms with Crippen LogP contribution in [0.5, 0.6) is 17.2 Å². The van der Waals surface area contributed by atoms with Gasteiger partial charge in [-0.15, -0.1) is 11.3 Å². The van der Waals surface area contributed by atoms with Crippen molar-refractivity contribution in [3.8, 4) is 27.8 Å². The molecule has 0 saturated carbocycles. The summed E-state index contributed by atoms with van der Waals surface area (Å²) in [6.45, 7) is 0.946. The number of guanidine groups is 1. The summed E-state index contributed by atoms with van der Waals surface area (Å²) >= 11 is 1.59. The molecule has 1 heterocycles. The number of aliphatic imine (C=N–C) groups is 1. The van der Waals surface area contributed by atoms with Crippen LogP contribution in [0.15, 0.2) is 52.8 Å². The molecule has 3 aromatic rings. The lowest BCUT2D eigenvalue weighted by Gasteiger charge is -2.09. The van der Waals surface area contributed by atoms with Crippen LogP contribution in [-0.4, -0.2) is 32.3 Å². The minimum atomic E-state index is 0.360. The van der Waals surface area contributed by atoms with E-state index in [4.69, 9.17) is 19.9 Å². The number of methoxy groups -OCH3 is 3. The van der Waals surface area contributed by atoms with Gasteiger partial charge in [0.2, 0.25) is 0 Å². The molecule has 0 bridgehead atoms. The Bertz CT molecular complexity index is 970. The van der Waals surface area contributed by atoms with Crippen LogP contribution in [0, 0.1) is 0 Å². The van der Waals surface area contributed by atoms with E-state index in [-0.39, 0.29) is 0 Å². The van der Waals surface area contributed by atoms with Crippen LogP contribution in [0.2, 0.25) is 0 Å². The summed E-state index contributed by atoms with van der Waals surface area (Å²) < 4.78 is 15.7. The molecule has 2 aromatic carbocycles. The predicted molar refractivity (Wildman–Crippen MR) is 116 cm³/mol. The fraction of sp³-hybridized carbons (Fsp3) is 0.238. The smallest absolute Gasteiger partial charge is 0.189 e. The molecule has 3 rings (SSSR count). The predicted octanol–water partition coefficient (Wildman–Crippen LogP) is 3.44. The van der Waals surface area contributed by atoms with Crippen molar-refractivity contribution < 1.29 is 14.2 Å². The average Bonchev–Trinajstić information content (AvgIpc) is 3.25. The number of benzene rings is 2. The van der Waals surface area contributed by atoms with Crippen molar-refractivity contribution in [2.75, 3.05) is 21.3 Å². The Morgan fingerprint density at radius 2 is 1.79 bits per heavy atom. The summed E-state index contributed by atoms with van der Waals surface area (Å²) in [5.41, 5.74) is 8.93. The van der Waals surface area contributed by atoms with E-state index in [0.717, 1.165) is 27.6 Å². The summed E-state index contributed by atoms with van der Waals surface area (Å²) in [4.78, 5) is 9.02. The van der Waals surface area contributed by atoms with Gasteiger partial charge < -0.3 is 25.3 Å². The van der Waals surface area contributed by atoms with Crippen LogP contribution < -0.4 is 25.3 Å². The number of nitrogens with zero attached hydrogens (tertiary/aromatic N) is 2. The first-order valence-electron chi connectivity index (χ1n) is 8.96. The largest absolute Gasteiger partial charge is 0.497 e. The Balaban J connectivity index is 1.56. The van der Waals surface area contributed by atoms with E-state index in [1.807, 2.05) is 47.8 Å². The highest BCUT2D eigenvalue weighted by Gasteiger charge is 2.06. The van der Waals surface area contributed by atoms with Gasteiger partial charge in [0, 0.05) is 10.9 Å². The van der Waals surface area contributed by atoms with Gasteiger partial charge in [0.15, 0.2) is 17.5 Å². The molecule has 0 unspecified atom stereocenters. The number of hydrogen-bond donors (Lipinski definition) is 2. The minimum Gasteiger partial charge on any atom is -0.497 e. The molecule has 0 atom stereocenters. The molecule has 0 saturated heterocycles. The lowest BCUT2D eigenvalue weighted by atomic mass is 10.2. The zero-order chi connectivity index (χ0) is 20.6. The Morgan fingerprint density at radius 1 is 1.03 bits per heavy atom. The first-order valence-corrected chi connectivity index (χ1v) is 9.84. The summed E-state index contributed by atoms with van der Waals surface area (Å²) in [6, 6.07) is 13.5. The molecule has 1 aromatic heterocycles. The third kappa shape index (κ3) is 5.39. The number of hydrogen-bond acceptors (Lipinski definition) is 6. The number of ether oxygens (including phenoxy) is 3. The quantitative estimate of drug-likeness (QED) is 0.435. The molecule has 0 aliphatic carbocycles. The Kier molecular flexibility index (Phi) is 6.91. The zero-order valence-corrected chi connectivity index (χ0v) is 17.5. The van der Waals surface area contributed by atoms with Crippen molar-refractivity contribution in [2.24, 2.45) is 10.7 Å². The molecular weight excluding hydrogens is 388 g/mol. The normalized spacial score (nSPS) is 11.2. The number of nitrogens with one attached hydrogen (secondary N) is 1. The summed E-state index contributed by atoms with van der Waals surface area (Å²) in [6.07, 6.45) is 0. The number of nitrogens with two attached hydrogens (primary N) is 1. The van der Waals surface area contributed by atoms with E-state index in [1.165, 1.54) is 0 Å². The highest BCUT2D eigenvalue weighted by atomic mass is 32.1. The van der Waals surface area contributed by atoms with Gasteiger partial charge in [-0.1, -0.05) is 6.07 Å². The van der Waals surface area contributed by atoms with E-state index >= 15 is 0 Å². The van der Waals surface area contributed by atoms with E-state index < -0.39 is 0 Å². The fourth-order valence-electron chi connectivity index (χ4n) is 2.65. The maximum absolute atomic E-state index is 5.99. The van der Waals surface area contributed by atoms with Gasteiger partial charge in [-0.3, -0.25) is 0 Å². The highest BCUT2D eigenvalue weighted by molar-refractivity contribution is 7.13. The van der Waals surface area contributed by atoms with Gasteiger partial charge in [0.05, 0.1) is 40.1 Å². The molecule has 29 heavy (non-hydrogen) atoms. The molecule has 7 nitrogen and oxygen atoms in total. The van der Waals surface area contributed by atoms with Gasteiger partial charge >= 0.3 is 0 Å². The minimum absolute atomic E-state index is 0.360. The Hall–Kier alpha value is -3.26. The molecule has 0 amide bonds. The molecule has 0 radical (unpaired) electrons. The highest BCUT2D eigenvalue weighted by Crippen LogP contribution is 2.28. The first-order chi connectivity index (χ1) is 14.1. The third-order valence-corrected chi connectivity index (χ3v) is 5.16. The summed E-state index contributed by atoms with van der Waals surface area (Å²) in [5.74, 6) is 2.53. The molecule has 0 aliphatic heterocycles. The van der Waals surface area contributed by atoms with Crippen molar-refractivity contribution in [3.63, 3.8) is 0 Å². The molecule has 0 spiro atoms. The molecular formula is C21H24N4O3S. The van der Waals surface area contributed by atoms with Gasteiger partial charge in [-0.25, -0.2) is 9.98 Å². The van der Waals surface area contributed by atoms with Crippen molar-refractivity contribution in [2.45, 2.75) is 13.1 Å². The second-order valence-electron chi connectivity index (χ2n) is 6.12. The van der Waals surface area contributed by atoms with Crippen molar-refractivity contribution >= 4 is 17.3 Å². The van der Waals surface area contributed by atoms with Gasteiger partial charge in [-0.2, -0.15) is 0 Å². The van der Waals surface area contributed by atoms with E-state index in [2.05, 4.69) is 15.3 Å². The number of aromatic nitrogens is 1. The third-order valence-electron chi connectivity index (χ3n) is 4.22. The number of thiazole rings is 1. The zero-order valence-electron chi connectivity index (χ0n) is 16.6. The standard InChI is InChI=1S/C21H24N4O3S/c1-26-17-7-5-15(6-8-17)20-25-16(13-29-20)12-24-21(22)23-11-14-4-9-18(27-2)19(10-14)28-3/h4-10,13H,11-12H2,1-3H3,(H3,22,23,24). The SMILES string of the molecule is COc1ccc(-c2nc(CNC(N)=NCc3ccc(OC)c(OC)c3)cs2)cc1. The molecule has 0 aliphatic rings. The lowest BCUT2D eigenvalue weighted by Crippen LogP contribution is -2.31. The second kappa shape index (κ2) is 9.79. The Morgan fingerprint density at radius 3 is 2.48 bits per heavy atom. The topological polar surface area (TPSA) is 91.0 Å². The van der Waals surface area contributed by atoms with E-state index in [9.17, 15) is 0 Å². The van der Waals surface area contributed by atoms with Gasteiger partial charge in [0.25, 0.3) is 0 Å². The molecule has 152 valence electrons. The monoisotopic (exact) mass is 412 g/mol. The van der Waals surface area contributed by atoms with Crippen LogP contribution in [0.1, 0.15) is 11.3 Å². The fourth-order valence-corrected chi connectivity index (χ4v) is 3.47. The van der Waals surface area contributed by atoms with Crippen molar-refractivity contribution in [1.82, 2.24) is 10.3 Å². The maximum atomic E-state index is 5.99. The van der Waals surface area contributed by atoms with Gasteiger partial charge in [0.1, 0.15) is 10.8 Å². The molecule has 3 N–H and O–H groups in total. The Labute approximate surface area is 174 Å². The molecule has 8 heteroatoms. The first kappa shape index (κ1) is 20.5. The summed E-state index contributed by atoms with van der Waals surface area (Å²) in [5, 5.41) is 6.06. The maximum Gasteiger partial charge on any atom is 0.189 e. The molecule has 0 fully saturated rings. The second-order valence-corrected chi connectivity index (χ2v) is 6.97. The summed E-state index contributed by atoms with van der Waals surface area (Å²) in [7, 11) is 4.87. The van der Waals surface area contributed by atoms with Crippen molar-refractivity contribution in [3.05, 3.63) is 59.1 Å². The number of rotatable bonds is 8. The van der Waals surface area contributed by atoms with Crippen LogP contribution in [0.25, 0.3) is 10.6 Å².